The van der Waals surface area contributed by atoms with Gasteiger partial charge in [-0.3, -0.25) is 0 Å². The molecule has 0 N–H and O–H groups in total. The lowest BCUT2D eigenvalue weighted by Crippen LogP contribution is -1.87. The molecule has 0 bridgehead atoms. The van der Waals surface area contributed by atoms with Crippen LogP contribution in [0.3, 0.4) is 0 Å². The van der Waals surface area contributed by atoms with Gasteiger partial charge in [-0.05, 0) is 36.1 Å². The number of allylic oxidation sites excluding steroid dienone is 1. The molecule has 94 valence electrons. The molecule has 0 spiro atoms. The lowest BCUT2D eigenvalue weighted by molar-refractivity contribution is 0.624. The summed E-state index contributed by atoms with van der Waals surface area (Å²) in [5, 5.41) is 9.18. The van der Waals surface area contributed by atoms with Gasteiger partial charge < -0.3 is 0 Å². The van der Waals surface area contributed by atoms with Crippen LogP contribution in [0.15, 0.2) is 53.4 Å². The number of nitriles is 1. The molecule has 0 aliphatic rings. The van der Waals surface area contributed by atoms with Gasteiger partial charge in [0.05, 0.1) is 11.6 Å². The Kier molecular flexibility index (Phi) is 4.38. The maximum absolute atomic E-state index is 13.7. The van der Waals surface area contributed by atoms with Crippen molar-refractivity contribution in [2.24, 2.45) is 0 Å². The average Bonchev–Trinajstić information content (AvgIpc) is 2.46. The first-order valence-corrected chi connectivity index (χ1v) is 6.98. The molecule has 0 aromatic heterocycles. The zero-order valence-corrected chi connectivity index (χ0v) is 11.2. The molecule has 2 rings (SSSR count). The Morgan fingerprint density at radius 3 is 2.42 bits per heavy atom. The van der Waals surface area contributed by atoms with Crippen LogP contribution in [0.2, 0.25) is 0 Å². The third-order valence-electron chi connectivity index (χ3n) is 2.71. The van der Waals surface area contributed by atoms with Gasteiger partial charge >= 0.3 is 0 Å². The number of rotatable bonds is 3. The van der Waals surface area contributed by atoms with Crippen LogP contribution < -0.4 is 0 Å². The lowest BCUT2D eigenvalue weighted by Gasteiger charge is -2.02. The van der Waals surface area contributed by atoms with Gasteiger partial charge in [0.25, 0.3) is 0 Å². The average molecular weight is 269 g/mol. The Bertz CT molecular complexity index is 639. The molecule has 0 aliphatic heterocycles. The summed E-state index contributed by atoms with van der Waals surface area (Å²) >= 11 is 1.66. The van der Waals surface area contributed by atoms with Gasteiger partial charge in [0.2, 0.25) is 0 Å². The molecule has 0 atom stereocenters. The van der Waals surface area contributed by atoms with Crippen molar-refractivity contribution in [3.63, 3.8) is 0 Å². The second-order valence-corrected chi connectivity index (χ2v) is 4.80. The van der Waals surface area contributed by atoms with E-state index < -0.39 is 0 Å². The van der Waals surface area contributed by atoms with Gasteiger partial charge in [0.1, 0.15) is 5.82 Å². The quantitative estimate of drug-likeness (QED) is 0.461. The van der Waals surface area contributed by atoms with E-state index in [1.54, 1.807) is 36.0 Å². The normalized spacial score (nSPS) is 11.1. The monoisotopic (exact) mass is 269 g/mol. The Hall–Kier alpha value is -2.05. The summed E-state index contributed by atoms with van der Waals surface area (Å²) in [7, 11) is 0. The number of halogens is 1. The summed E-state index contributed by atoms with van der Waals surface area (Å²) in [5.74, 6) is -0.379. The van der Waals surface area contributed by atoms with E-state index in [9.17, 15) is 9.65 Å². The van der Waals surface area contributed by atoms with Gasteiger partial charge in [0, 0.05) is 10.5 Å². The van der Waals surface area contributed by atoms with E-state index in [1.807, 2.05) is 30.5 Å². The molecule has 0 amide bonds. The molecule has 2 aromatic rings. The van der Waals surface area contributed by atoms with Crippen LogP contribution in [-0.2, 0) is 0 Å². The molecular weight excluding hydrogens is 257 g/mol. The predicted octanol–water partition coefficient (Wildman–Crippen LogP) is 4.61. The molecular formula is C16H12FNS. The van der Waals surface area contributed by atoms with Gasteiger partial charge in [-0.25, -0.2) is 4.39 Å². The van der Waals surface area contributed by atoms with Gasteiger partial charge in [-0.2, -0.15) is 5.26 Å². The summed E-state index contributed by atoms with van der Waals surface area (Å²) in [6, 6.07) is 16.2. The Balaban J connectivity index is 2.39. The van der Waals surface area contributed by atoms with Crippen LogP contribution in [0.5, 0.6) is 0 Å². The van der Waals surface area contributed by atoms with Gasteiger partial charge in [0.15, 0.2) is 0 Å². The highest BCUT2D eigenvalue weighted by molar-refractivity contribution is 7.98. The lowest BCUT2D eigenvalue weighted by atomic mass is 10.0. The molecule has 0 unspecified atom stereocenters. The molecule has 0 radical (unpaired) electrons. The highest BCUT2D eigenvalue weighted by Gasteiger charge is 2.06. The van der Waals surface area contributed by atoms with Crippen LogP contribution in [0.4, 0.5) is 4.39 Å². The molecule has 0 saturated carbocycles. The largest absolute Gasteiger partial charge is 0.206 e. The highest BCUT2D eigenvalue weighted by Crippen LogP contribution is 2.22. The molecule has 3 heteroatoms. The summed E-state index contributed by atoms with van der Waals surface area (Å²) in [5.41, 5.74) is 1.55. The molecule has 0 heterocycles. The number of hydrogen-bond donors (Lipinski definition) is 0. The third kappa shape index (κ3) is 3.24. The van der Waals surface area contributed by atoms with E-state index in [-0.39, 0.29) is 5.82 Å². The van der Waals surface area contributed by atoms with Crippen LogP contribution >= 0.6 is 11.8 Å². The maximum atomic E-state index is 13.7. The first-order valence-electron chi connectivity index (χ1n) is 5.75. The van der Waals surface area contributed by atoms with E-state index in [0.29, 0.717) is 11.1 Å². The number of thioether (sulfide) groups is 1. The van der Waals surface area contributed by atoms with Gasteiger partial charge in [-0.15, -0.1) is 11.8 Å². The number of nitrogens with zero attached hydrogens (tertiary/aromatic N) is 1. The molecule has 2 aromatic carbocycles. The molecule has 1 nitrogen and oxygen atoms in total. The fourth-order valence-electron chi connectivity index (χ4n) is 1.72. The summed E-state index contributed by atoms with van der Waals surface area (Å²) in [6.45, 7) is 0. The first kappa shape index (κ1) is 13.4. The van der Waals surface area contributed by atoms with Crippen molar-refractivity contribution in [1.29, 1.82) is 5.26 Å². The van der Waals surface area contributed by atoms with E-state index in [0.717, 1.165) is 10.5 Å². The third-order valence-corrected chi connectivity index (χ3v) is 3.45. The van der Waals surface area contributed by atoms with Crippen molar-refractivity contribution in [2.75, 3.05) is 6.26 Å². The fraction of sp³-hybridized carbons (Fsp3) is 0.0625. The second kappa shape index (κ2) is 6.21. The zero-order chi connectivity index (χ0) is 13.7. The predicted molar refractivity (Wildman–Crippen MR) is 78.1 cm³/mol. The Labute approximate surface area is 116 Å². The first-order chi connectivity index (χ1) is 9.24. The smallest absolute Gasteiger partial charge is 0.131 e. The fourth-order valence-corrected chi connectivity index (χ4v) is 2.12. The highest BCUT2D eigenvalue weighted by atomic mass is 32.2. The molecule has 0 aliphatic carbocycles. The molecule has 0 saturated heterocycles. The van der Waals surface area contributed by atoms with E-state index in [4.69, 9.17) is 0 Å². The SMILES string of the molecule is CSc1ccc(/C=C(/C#N)c2ccccc2F)cc1. The minimum Gasteiger partial charge on any atom is -0.206 e. The topological polar surface area (TPSA) is 23.8 Å². The van der Waals surface area contributed by atoms with Crippen molar-refractivity contribution >= 4 is 23.4 Å². The number of benzene rings is 2. The van der Waals surface area contributed by atoms with E-state index >= 15 is 0 Å². The molecule has 19 heavy (non-hydrogen) atoms. The van der Waals surface area contributed by atoms with Crippen molar-refractivity contribution in [3.8, 4) is 6.07 Å². The molecule has 0 fully saturated rings. The number of hydrogen-bond acceptors (Lipinski definition) is 2. The van der Waals surface area contributed by atoms with Crippen molar-refractivity contribution in [1.82, 2.24) is 0 Å². The van der Waals surface area contributed by atoms with Crippen LogP contribution in [0.25, 0.3) is 11.6 Å². The maximum Gasteiger partial charge on any atom is 0.131 e. The minimum atomic E-state index is -0.379. The van der Waals surface area contributed by atoms with Crippen LogP contribution in [0, 0.1) is 17.1 Å². The van der Waals surface area contributed by atoms with Crippen molar-refractivity contribution < 1.29 is 4.39 Å². The Morgan fingerprint density at radius 2 is 1.84 bits per heavy atom. The Morgan fingerprint density at radius 1 is 1.16 bits per heavy atom. The van der Waals surface area contributed by atoms with Crippen molar-refractivity contribution in [2.45, 2.75) is 4.90 Å². The zero-order valence-electron chi connectivity index (χ0n) is 10.4. The standard InChI is InChI=1S/C16H12FNS/c1-19-14-8-6-12(7-9-14)10-13(11-18)15-4-2-3-5-16(15)17/h2-10H,1H3/b13-10-. The summed E-state index contributed by atoms with van der Waals surface area (Å²) in [6.07, 6.45) is 3.70. The van der Waals surface area contributed by atoms with Crippen LogP contribution in [0.1, 0.15) is 11.1 Å². The van der Waals surface area contributed by atoms with E-state index in [1.165, 1.54) is 6.07 Å². The summed E-state index contributed by atoms with van der Waals surface area (Å²) in [4.78, 5) is 1.15. The van der Waals surface area contributed by atoms with E-state index in [2.05, 4.69) is 6.07 Å². The minimum absolute atomic E-state index is 0.329. The second-order valence-electron chi connectivity index (χ2n) is 3.92. The van der Waals surface area contributed by atoms with Crippen molar-refractivity contribution in [3.05, 3.63) is 65.5 Å². The summed E-state index contributed by atoms with van der Waals surface area (Å²) < 4.78 is 13.7. The van der Waals surface area contributed by atoms with Gasteiger partial charge in [-0.1, -0.05) is 30.3 Å². The van der Waals surface area contributed by atoms with Crippen LogP contribution in [-0.4, -0.2) is 6.26 Å².